The third-order valence-electron chi connectivity index (χ3n) is 2.09. The SMILES string of the molecule is CNC(C)c1nc(C(C)(C)C)cs1. The highest BCUT2D eigenvalue weighted by atomic mass is 32.1. The smallest absolute Gasteiger partial charge is 0.110 e. The number of hydrogen-bond acceptors (Lipinski definition) is 3. The maximum atomic E-state index is 4.61. The zero-order valence-corrected chi connectivity index (χ0v) is 9.83. The van der Waals surface area contributed by atoms with Crippen molar-refractivity contribution in [3.05, 3.63) is 16.1 Å². The summed E-state index contributed by atoms with van der Waals surface area (Å²) in [7, 11) is 1.96. The van der Waals surface area contributed by atoms with E-state index >= 15 is 0 Å². The molecule has 0 aliphatic rings. The molecule has 0 radical (unpaired) electrons. The quantitative estimate of drug-likeness (QED) is 0.790. The molecule has 3 heteroatoms. The highest BCUT2D eigenvalue weighted by Gasteiger charge is 2.18. The monoisotopic (exact) mass is 198 g/mol. The third kappa shape index (κ3) is 2.51. The second-order valence-electron chi connectivity index (χ2n) is 4.33. The van der Waals surface area contributed by atoms with E-state index in [0.717, 1.165) is 0 Å². The van der Waals surface area contributed by atoms with E-state index in [9.17, 15) is 0 Å². The van der Waals surface area contributed by atoms with Crippen molar-refractivity contribution >= 4 is 11.3 Å². The first kappa shape index (κ1) is 10.7. The summed E-state index contributed by atoms with van der Waals surface area (Å²) >= 11 is 1.74. The minimum atomic E-state index is 0.169. The zero-order valence-electron chi connectivity index (χ0n) is 9.01. The molecule has 1 heterocycles. The van der Waals surface area contributed by atoms with Gasteiger partial charge in [0, 0.05) is 10.8 Å². The van der Waals surface area contributed by atoms with Crippen LogP contribution in [0, 0.1) is 0 Å². The molecule has 0 aliphatic heterocycles. The van der Waals surface area contributed by atoms with Crippen LogP contribution in [0.15, 0.2) is 5.38 Å². The Balaban J connectivity index is 2.87. The molecule has 0 spiro atoms. The van der Waals surface area contributed by atoms with E-state index < -0.39 is 0 Å². The molecule has 74 valence electrons. The fourth-order valence-corrected chi connectivity index (χ4v) is 2.07. The van der Waals surface area contributed by atoms with Crippen molar-refractivity contribution < 1.29 is 0 Å². The number of rotatable bonds is 2. The largest absolute Gasteiger partial charge is 0.311 e. The molecular weight excluding hydrogens is 180 g/mol. The molecule has 0 fully saturated rings. The van der Waals surface area contributed by atoms with Crippen molar-refractivity contribution in [2.24, 2.45) is 0 Å². The van der Waals surface area contributed by atoms with Crippen molar-refractivity contribution in [1.82, 2.24) is 10.3 Å². The van der Waals surface area contributed by atoms with Crippen molar-refractivity contribution in [3.63, 3.8) is 0 Å². The Bertz CT molecular complexity index is 273. The van der Waals surface area contributed by atoms with Crippen LogP contribution in [-0.2, 0) is 5.41 Å². The Morgan fingerprint density at radius 1 is 1.46 bits per heavy atom. The highest BCUT2D eigenvalue weighted by molar-refractivity contribution is 7.09. The van der Waals surface area contributed by atoms with E-state index in [1.807, 2.05) is 7.05 Å². The van der Waals surface area contributed by atoms with Gasteiger partial charge in [-0.15, -0.1) is 11.3 Å². The van der Waals surface area contributed by atoms with Gasteiger partial charge >= 0.3 is 0 Å². The molecule has 0 bridgehead atoms. The molecule has 0 aliphatic carbocycles. The summed E-state index contributed by atoms with van der Waals surface area (Å²) in [5.74, 6) is 0. The van der Waals surface area contributed by atoms with E-state index in [4.69, 9.17) is 0 Å². The van der Waals surface area contributed by atoms with Crippen LogP contribution in [-0.4, -0.2) is 12.0 Å². The van der Waals surface area contributed by atoms with Gasteiger partial charge in [-0.3, -0.25) is 0 Å². The normalized spacial score (nSPS) is 14.5. The van der Waals surface area contributed by atoms with Gasteiger partial charge in [-0.1, -0.05) is 20.8 Å². The molecule has 2 nitrogen and oxygen atoms in total. The average molecular weight is 198 g/mol. The molecule has 1 unspecified atom stereocenters. The van der Waals surface area contributed by atoms with Crippen LogP contribution in [0.1, 0.15) is 44.4 Å². The van der Waals surface area contributed by atoms with Gasteiger partial charge in [-0.2, -0.15) is 0 Å². The lowest BCUT2D eigenvalue weighted by atomic mass is 9.93. The van der Waals surface area contributed by atoms with E-state index in [2.05, 4.69) is 43.4 Å². The molecule has 13 heavy (non-hydrogen) atoms. The molecular formula is C10H18N2S. The van der Waals surface area contributed by atoms with Crippen molar-refractivity contribution in [3.8, 4) is 0 Å². The first-order valence-corrected chi connectivity index (χ1v) is 5.46. The number of nitrogens with one attached hydrogen (secondary N) is 1. The topological polar surface area (TPSA) is 24.9 Å². The van der Waals surface area contributed by atoms with Crippen molar-refractivity contribution in [2.45, 2.75) is 39.2 Å². The summed E-state index contributed by atoms with van der Waals surface area (Å²) in [6.45, 7) is 8.70. The van der Waals surface area contributed by atoms with Gasteiger partial charge in [0.2, 0.25) is 0 Å². The Morgan fingerprint density at radius 3 is 2.46 bits per heavy atom. The first-order chi connectivity index (χ1) is 5.95. The molecule has 1 rings (SSSR count). The van der Waals surface area contributed by atoms with Gasteiger partial charge in [-0.25, -0.2) is 4.98 Å². The fourth-order valence-electron chi connectivity index (χ4n) is 0.954. The molecule has 1 aromatic heterocycles. The summed E-state index contributed by atoms with van der Waals surface area (Å²) in [6.07, 6.45) is 0. The molecule has 0 amide bonds. The van der Waals surface area contributed by atoms with E-state index in [-0.39, 0.29) is 5.41 Å². The minimum absolute atomic E-state index is 0.169. The lowest BCUT2D eigenvalue weighted by Gasteiger charge is -2.14. The lowest BCUT2D eigenvalue weighted by Crippen LogP contribution is -2.14. The summed E-state index contributed by atoms with van der Waals surface area (Å²) in [6, 6.07) is 0.362. The van der Waals surface area contributed by atoms with Gasteiger partial charge < -0.3 is 5.32 Å². The average Bonchev–Trinajstić information content (AvgIpc) is 2.50. The Morgan fingerprint density at radius 2 is 2.08 bits per heavy atom. The highest BCUT2D eigenvalue weighted by Crippen LogP contribution is 2.26. The second-order valence-corrected chi connectivity index (χ2v) is 5.22. The molecule has 0 aromatic carbocycles. The van der Waals surface area contributed by atoms with Gasteiger partial charge in [0.15, 0.2) is 0 Å². The standard InChI is InChI=1S/C10H18N2S/c1-7(11-5)9-12-8(6-13-9)10(2,3)4/h6-7,11H,1-5H3. The Labute approximate surface area is 84.4 Å². The molecule has 1 atom stereocenters. The summed E-state index contributed by atoms with van der Waals surface area (Å²) in [4.78, 5) is 4.61. The summed E-state index contributed by atoms with van der Waals surface area (Å²) in [5.41, 5.74) is 1.36. The maximum Gasteiger partial charge on any atom is 0.110 e. The first-order valence-electron chi connectivity index (χ1n) is 4.58. The molecule has 0 saturated carbocycles. The molecule has 1 N–H and O–H groups in total. The number of hydrogen-bond donors (Lipinski definition) is 1. The zero-order chi connectivity index (χ0) is 10.1. The van der Waals surface area contributed by atoms with Crippen LogP contribution in [0.3, 0.4) is 0 Å². The predicted molar refractivity (Wildman–Crippen MR) is 58.3 cm³/mol. The van der Waals surface area contributed by atoms with E-state index in [1.54, 1.807) is 11.3 Å². The summed E-state index contributed by atoms with van der Waals surface area (Å²) < 4.78 is 0. The number of nitrogens with zero attached hydrogens (tertiary/aromatic N) is 1. The maximum absolute atomic E-state index is 4.61. The van der Waals surface area contributed by atoms with Crippen LogP contribution >= 0.6 is 11.3 Å². The minimum Gasteiger partial charge on any atom is -0.311 e. The van der Waals surface area contributed by atoms with Gasteiger partial charge in [0.25, 0.3) is 0 Å². The third-order valence-corrected chi connectivity index (χ3v) is 3.12. The van der Waals surface area contributed by atoms with Crippen LogP contribution < -0.4 is 5.32 Å². The van der Waals surface area contributed by atoms with Crippen LogP contribution in [0.2, 0.25) is 0 Å². The van der Waals surface area contributed by atoms with Crippen molar-refractivity contribution in [1.29, 1.82) is 0 Å². The predicted octanol–water partition coefficient (Wildman–Crippen LogP) is 2.72. The van der Waals surface area contributed by atoms with Gasteiger partial charge in [0.05, 0.1) is 11.7 Å². The molecule has 0 saturated heterocycles. The van der Waals surface area contributed by atoms with Crippen LogP contribution in [0.4, 0.5) is 0 Å². The Kier molecular flexibility index (Phi) is 3.09. The Hall–Kier alpha value is -0.410. The summed E-state index contributed by atoms with van der Waals surface area (Å²) in [5, 5.41) is 6.52. The number of aromatic nitrogens is 1. The van der Waals surface area contributed by atoms with E-state index in [1.165, 1.54) is 10.7 Å². The lowest BCUT2D eigenvalue weighted by molar-refractivity contribution is 0.563. The van der Waals surface area contributed by atoms with Crippen molar-refractivity contribution in [2.75, 3.05) is 7.05 Å². The van der Waals surface area contributed by atoms with Crippen LogP contribution in [0.5, 0.6) is 0 Å². The molecule has 1 aromatic rings. The van der Waals surface area contributed by atoms with Gasteiger partial charge in [0.1, 0.15) is 5.01 Å². The second kappa shape index (κ2) is 3.76. The number of thiazole rings is 1. The van der Waals surface area contributed by atoms with E-state index in [0.29, 0.717) is 6.04 Å². The van der Waals surface area contributed by atoms with Crippen LogP contribution in [0.25, 0.3) is 0 Å². The van der Waals surface area contributed by atoms with Gasteiger partial charge in [-0.05, 0) is 14.0 Å². The fraction of sp³-hybridized carbons (Fsp3) is 0.700.